The van der Waals surface area contributed by atoms with Gasteiger partial charge in [0.1, 0.15) is 11.5 Å². The molecule has 0 atom stereocenters. The van der Waals surface area contributed by atoms with Gasteiger partial charge in [-0.3, -0.25) is 0 Å². The molecule has 1 aliphatic rings. The molecule has 0 bridgehead atoms. The van der Waals surface area contributed by atoms with E-state index in [9.17, 15) is 4.79 Å². The fourth-order valence-corrected chi connectivity index (χ4v) is 8.84. The highest BCUT2D eigenvalue weighted by molar-refractivity contribution is 5.92. The minimum Gasteiger partial charge on any atom is -0.457 e. The Balaban J connectivity index is 1.27. The second-order valence-corrected chi connectivity index (χ2v) is 18.0. The molecule has 0 aliphatic carbocycles. The zero-order valence-corrected chi connectivity index (χ0v) is 38.3. The highest BCUT2D eigenvalue weighted by Crippen LogP contribution is 2.38. The average Bonchev–Trinajstić information content (AvgIpc) is 3.24. The molecule has 2 aromatic carbocycles. The zero-order valence-electron chi connectivity index (χ0n) is 38.3. The number of nitrogens with zero attached hydrogens (tertiary/aromatic N) is 1. The fraction of sp³-hybridized carbons (Fsp3) is 0.759. The maximum Gasteiger partial charge on any atom is 0.357 e. The first-order valence-electron chi connectivity index (χ1n) is 25.6. The Kier molecular flexibility index (Phi) is 30.6. The number of hydrogen-bond acceptors (Lipinski definition) is 4. The van der Waals surface area contributed by atoms with Crippen molar-refractivity contribution in [2.75, 3.05) is 13.1 Å². The van der Waals surface area contributed by atoms with Gasteiger partial charge in [-0.25, -0.2) is 4.79 Å². The predicted molar refractivity (Wildman–Crippen MR) is 250 cm³/mol. The van der Waals surface area contributed by atoms with Gasteiger partial charge in [0, 0.05) is 25.1 Å². The molecule has 0 saturated heterocycles. The highest BCUT2D eigenvalue weighted by Gasteiger charge is 2.24. The summed E-state index contributed by atoms with van der Waals surface area (Å²) in [6.45, 7) is 6.23. The molecule has 0 saturated carbocycles. The van der Waals surface area contributed by atoms with E-state index in [0.29, 0.717) is 12.0 Å². The lowest BCUT2D eigenvalue weighted by molar-refractivity contribution is -0.111. The van der Waals surface area contributed by atoms with Crippen LogP contribution in [-0.4, -0.2) is 24.1 Å². The molecule has 1 heterocycles. The molecule has 0 unspecified atom stereocenters. The minimum absolute atomic E-state index is 0.246. The summed E-state index contributed by atoms with van der Waals surface area (Å²) in [7, 11) is 0. The van der Waals surface area contributed by atoms with Crippen LogP contribution in [-0.2, 0) is 11.3 Å². The van der Waals surface area contributed by atoms with Gasteiger partial charge in [-0.05, 0) is 36.6 Å². The lowest BCUT2D eigenvalue weighted by Gasteiger charge is -2.24. The van der Waals surface area contributed by atoms with E-state index >= 15 is 0 Å². The first-order chi connectivity index (χ1) is 28.7. The summed E-state index contributed by atoms with van der Waals surface area (Å²) in [6, 6.07) is 13.9. The van der Waals surface area contributed by atoms with Crippen LogP contribution < -0.4 is 4.74 Å². The zero-order chi connectivity index (χ0) is 41.0. The number of hydroxylamine groups is 2. The van der Waals surface area contributed by atoms with Gasteiger partial charge in [0.2, 0.25) is 0 Å². The standard InChI is InChI=1S/C54H91NO3/c1-3-5-7-9-11-13-15-17-19-21-23-25-27-29-31-33-35-39-46-55(47-40-36-34-32-30-28-26-24-22-20-18-16-14-12-10-8-6-4-2)58-54(56)50-43-41-45-53-51(50)48-49-42-37-38-44-52(49)57-53/h37-38,41-45H,3-36,39-40,46-48H2,1-2H3. The van der Waals surface area contributed by atoms with Crippen molar-refractivity contribution < 1.29 is 14.4 Å². The molecule has 0 spiro atoms. The van der Waals surface area contributed by atoms with E-state index in [1.54, 1.807) is 0 Å². The Labute approximate surface area is 359 Å². The van der Waals surface area contributed by atoms with Crippen molar-refractivity contribution in [3.05, 3.63) is 59.2 Å². The molecular weight excluding hydrogens is 711 g/mol. The normalized spacial score (nSPS) is 12.1. The van der Waals surface area contributed by atoms with Crippen LogP contribution in [0.1, 0.15) is 266 Å². The second-order valence-electron chi connectivity index (χ2n) is 18.0. The van der Waals surface area contributed by atoms with Crippen molar-refractivity contribution in [2.24, 2.45) is 0 Å². The van der Waals surface area contributed by atoms with Crippen molar-refractivity contribution in [3.63, 3.8) is 0 Å². The largest absolute Gasteiger partial charge is 0.457 e. The van der Waals surface area contributed by atoms with Crippen LogP contribution in [0.3, 0.4) is 0 Å². The molecule has 1 aliphatic heterocycles. The summed E-state index contributed by atoms with van der Waals surface area (Å²) in [5, 5.41) is 1.98. The third kappa shape index (κ3) is 24.1. The Bertz CT molecular complexity index is 1220. The number of carbonyl (C=O) groups excluding carboxylic acids is 1. The molecule has 330 valence electrons. The molecule has 58 heavy (non-hydrogen) atoms. The van der Waals surface area contributed by atoms with E-state index < -0.39 is 0 Å². The second kappa shape index (κ2) is 35.4. The number of fused-ring (bicyclic) bond motifs is 2. The van der Waals surface area contributed by atoms with Crippen LogP contribution in [0.2, 0.25) is 0 Å². The first-order valence-corrected chi connectivity index (χ1v) is 25.6. The maximum atomic E-state index is 13.7. The smallest absolute Gasteiger partial charge is 0.357 e. The number of unbranched alkanes of at least 4 members (excludes halogenated alkanes) is 34. The highest BCUT2D eigenvalue weighted by atomic mass is 16.7. The van der Waals surface area contributed by atoms with Crippen molar-refractivity contribution in [1.82, 2.24) is 5.06 Å². The van der Waals surface area contributed by atoms with E-state index in [1.165, 1.54) is 218 Å². The van der Waals surface area contributed by atoms with Crippen molar-refractivity contribution >= 4 is 5.97 Å². The monoisotopic (exact) mass is 802 g/mol. The molecular formula is C54H91NO3. The lowest BCUT2D eigenvalue weighted by Crippen LogP contribution is -2.30. The molecule has 3 rings (SSSR count). The van der Waals surface area contributed by atoms with Gasteiger partial charge >= 0.3 is 5.97 Å². The van der Waals surface area contributed by atoms with Crippen LogP contribution in [0.15, 0.2) is 42.5 Å². The summed E-state index contributed by atoms with van der Waals surface area (Å²) < 4.78 is 6.19. The van der Waals surface area contributed by atoms with E-state index in [4.69, 9.17) is 9.57 Å². The summed E-state index contributed by atoms with van der Waals surface area (Å²) in [5.41, 5.74) is 2.69. The van der Waals surface area contributed by atoms with Crippen LogP contribution in [0, 0.1) is 0 Å². The van der Waals surface area contributed by atoms with Gasteiger partial charge < -0.3 is 9.57 Å². The third-order valence-electron chi connectivity index (χ3n) is 12.6. The van der Waals surface area contributed by atoms with Crippen molar-refractivity contribution in [1.29, 1.82) is 0 Å². The number of benzene rings is 2. The summed E-state index contributed by atoms with van der Waals surface area (Å²) >= 11 is 0. The quantitative estimate of drug-likeness (QED) is 0.0424. The Hall–Kier alpha value is -2.33. The minimum atomic E-state index is -0.246. The Morgan fingerprint density at radius 3 is 1.19 bits per heavy atom. The molecule has 0 amide bonds. The molecule has 4 heteroatoms. The molecule has 0 N–H and O–H groups in total. The molecule has 0 aromatic heterocycles. The van der Waals surface area contributed by atoms with Gasteiger partial charge in [0.25, 0.3) is 0 Å². The first kappa shape index (κ1) is 50.0. The number of ether oxygens (including phenoxy) is 1. The van der Waals surface area contributed by atoms with Crippen LogP contribution in [0.4, 0.5) is 0 Å². The number of rotatable bonds is 40. The van der Waals surface area contributed by atoms with Gasteiger partial charge in [0.05, 0.1) is 5.56 Å². The predicted octanol–water partition coefficient (Wildman–Crippen LogP) is 17.8. The number of para-hydroxylation sites is 1. The van der Waals surface area contributed by atoms with E-state index in [-0.39, 0.29) is 5.97 Å². The van der Waals surface area contributed by atoms with Gasteiger partial charge in [-0.15, -0.1) is 5.06 Å². The van der Waals surface area contributed by atoms with Crippen LogP contribution in [0.5, 0.6) is 11.5 Å². The molecule has 0 radical (unpaired) electrons. The summed E-state index contributed by atoms with van der Waals surface area (Å²) in [4.78, 5) is 19.9. The number of hydrogen-bond donors (Lipinski definition) is 0. The summed E-state index contributed by atoms with van der Waals surface area (Å²) in [6.07, 6.45) is 50.2. The van der Waals surface area contributed by atoms with Crippen LogP contribution >= 0.6 is 0 Å². The van der Waals surface area contributed by atoms with E-state index in [1.807, 2.05) is 41.5 Å². The third-order valence-corrected chi connectivity index (χ3v) is 12.6. The lowest BCUT2D eigenvalue weighted by atomic mass is 9.96. The molecule has 0 fully saturated rings. The molecule has 2 aromatic rings. The van der Waals surface area contributed by atoms with Crippen LogP contribution in [0.25, 0.3) is 0 Å². The average molecular weight is 802 g/mol. The van der Waals surface area contributed by atoms with Gasteiger partial charge in [0.15, 0.2) is 0 Å². The number of carbonyl (C=O) groups is 1. The topological polar surface area (TPSA) is 38.8 Å². The van der Waals surface area contributed by atoms with E-state index in [2.05, 4.69) is 19.9 Å². The Morgan fingerprint density at radius 2 is 0.793 bits per heavy atom. The summed E-state index contributed by atoms with van der Waals surface area (Å²) in [5.74, 6) is 1.40. The van der Waals surface area contributed by atoms with Gasteiger partial charge in [-0.2, -0.15) is 0 Å². The fourth-order valence-electron chi connectivity index (χ4n) is 8.84. The van der Waals surface area contributed by atoms with E-state index in [0.717, 1.165) is 48.6 Å². The Morgan fingerprint density at radius 1 is 0.448 bits per heavy atom. The van der Waals surface area contributed by atoms with Gasteiger partial charge in [-0.1, -0.05) is 256 Å². The molecule has 4 nitrogen and oxygen atoms in total. The SMILES string of the molecule is CCCCCCCCCCCCCCCCCCCCN(CCCCCCCCCCCCCCCCCCCC)OC(=O)c1cccc2c1Cc1ccccc1O2. The van der Waals surface area contributed by atoms with Crippen molar-refractivity contribution in [3.8, 4) is 11.5 Å². The maximum absolute atomic E-state index is 13.7. The van der Waals surface area contributed by atoms with Crippen molar-refractivity contribution in [2.45, 2.75) is 251 Å².